The number of nitrogens with one attached hydrogen (secondary N) is 1. The number of carbonyl (C=O) groups excluding carboxylic acids is 2. The highest BCUT2D eigenvalue weighted by Gasteiger charge is 2.23. The average Bonchev–Trinajstić information content (AvgIpc) is 2.97. The number of hydrogen-bond donors (Lipinski definition) is 1. The van der Waals surface area contributed by atoms with Crippen LogP contribution < -0.4 is 5.32 Å². The van der Waals surface area contributed by atoms with Gasteiger partial charge in [0, 0.05) is 5.69 Å². The molecule has 1 amide bonds. The molecule has 0 fully saturated rings. The first-order chi connectivity index (χ1) is 13.8. The number of aryl methyl sites for hydroxylation is 4. The monoisotopic (exact) mass is 411 g/mol. The van der Waals surface area contributed by atoms with Crippen LogP contribution >= 0.6 is 11.6 Å². The van der Waals surface area contributed by atoms with Gasteiger partial charge in [0.1, 0.15) is 10.7 Å². The second-order valence-corrected chi connectivity index (χ2v) is 7.25. The van der Waals surface area contributed by atoms with Crippen molar-refractivity contribution in [3.63, 3.8) is 0 Å². The number of anilines is 1. The summed E-state index contributed by atoms with van der Waals surface area (Å²) in [5, 5.41) is 7.26. The summed E-state index contributed by atoms with van der Waals surface area (Å²) < 4.78 is 6.65. The van der Waals surface area contributed by atoms with Gasteiger partial charge in [0.15, 0.2) is 6.61 Å². The minimum Gasteiger partial charge on any atom is -0.452 e. The van der Waals surface area contributed by atoms with E-state index in [2.05, 4.69) is 10.4 Å². The van der Waals surface area contributed by atoms with E-state index in [0.29, 0.717) is 5.69 Å². The molecule has 0 aliphatic carbocycles. The van der Waals surface area contributed by atoms with Crippen molar-refractivity contribution < 1.29 is 14.3 Å². The number of rotatable bonds is 5. The van der Waals surface area contributed by atoms with Gasteiger partial charge in [0.25, 0.3) is 5.91 Å². The summed E-state index contributed by atoms with van der Waals surface area (Å²) in [5.41, 5.74) is 5.03. The topological polar surface area (TPSA) is 73.2 Å². The van der Waals surface area contributed by atoms with E-state index in [1.165, 1.54) is 4.68 Å². The Morgan fingerprint density at radius 2 is 1.69 bits per heavy atom. The van der Waals surface area contributed by atoms with E-state index >= 15 is 0 Å². The zero-order chi connectivity index (χ0) is 21.1. The molecule has 0 spiro atoms. The van der Waals surface area contributed by atoms with Crippen molar-refractivity contribution in [1.29, 1.82) is 0 Å². The van der Waals surface area contributed by atoms with E-state index in [9.17, 15) is 9.59 Å². The van der Waals surface area contributed by atoms with Gasteiger partial charge < -0.3 is 10.1 Å². The summed E-state index contributed by atoms with van der Waals surface area (Å²) in [6.45, 7) is 7.08. The van der Waals surface area contributed by atoms with E-state index in [1.807, 2.05) is 63.2 Å². The van der Waals surface area contributed by atoms with Crippen LogP contribution in [0.25, 0.3) is 5.69 Å². The Labute approximate surface area is 174 Å². The highest BCUT2D eigenvalue weighted by atomic mass is 35.5. The number of esters is 1. The number of halogens is 1. The minimum atomic E-state index is -0.692. The molecular weight excluding hydrogens is 390 g/mol. The maximum atomic E-state index is 12.5. The van der Waals surface area contributed by atoms with Crippen LogP contribution in [0.1, 0.15) is 32.7 Å². The lowest BCUT2D eigenvalue weighted by Gasteiger charge is -2.13. The van der Waals surface area contributed by atoms with Gasteiger partial charge in [-0.25, -0.2) is 9.48 Å². The molecule has 6 nitrogen and oxygen atoms in total. The molecule has 1 heterocycles. The number of carbonyl (C=O) groups is 2. The van der Waals surface area contributed by atoms with Crippen molar-refractivity contribution in [2.45, 2.75) is 27.7 Å². The molecule has 0 aliphatic rings. The lowest BCUT2D eigenvalue weighted by Crippen LogP contribution is -2.22. The largest absolute Gasteiger partial charge is 0.452 e. The summed E-state index contributed by atoms with van der Waals surface area (Å²) in [5.74, 6) is -1.11. The minimum absolute atomic E-state index is 0.143. The van der Waals surface area contributed by atoms with Crippen LogP contribution in [-0.2, 0) is 9.53 Å². The first-order valence-electron chi connectivity index (χ1n) is 9.13. The second-order valence-electron chi connectivity index (χ2n) is 6.90. The molecule has 3 rings (SSSR count). The van der Waals surface area contributed by atoms with Gasteiger partial charge in [0.2, 0.25) is 0 Å². The van der Waals surface area contributed by atoms with Gasteiger partial charge in [-0.1, -0.05) is 47.5 Å². The van der Waals surface area contributed by atoms with Crippen LogP contribution in [0.15, 0.2) is 42.5 Å². The Bertz CT molecular complexity index is 1050. The smallest absolute Gasteiger partial charge is 0.343 e. The van der Waals surface area contributed by atoms with Crippen LogP contribution in [0.2, 0.25) is 5.15 Å². The average molecular weight is 412 g/mol. The highest BCUT2D eigenvalue weighted by molar-refractivity contribution is 6.33. The Morgan fingerprint density at radius 3 is 2.31 bits per heavy atom. The van der Waals surface area contributed by atoms with Gasteiger partial charge in [-0.05, 0) is 51.0 Å². The third-order valence-electron chi connectivity index (χ3n) is 4.48. The summed E-state index contributed by atoms with van der Waals surface area (Å²) in [4.78, 5) is 24.8. The van der Waals surface area contributed by atoms with Gasteiger partial charge in [-0.3, -0.25) is 4.79 Å². The fourth-order valence-corrected chi connectivity index (χ4v) is 3.58. The molecular formula is C22H22ClN3O3. The standard InChI is InChI=1S/C22H22ClN3O3/c1-13-10-14(2)20(15(3)11-13)24-18(27)12-29-22(28)19-16(4)25-26(21(19)23)17-8-6-5-7-9-17/h5-11H,12H2,1-4H3,(H,24,27). The van der Waals surface area contributed by atoms with Crippen molar-refractivity contribution in [1.82, 2.24) is 9.78 Å². The number of ether oxygens (including phenoxy) is 1. The zero-order valence-corrected chi connectivity index (χ0v) is 17.5. The van der Waals surface area contributed by atoms with Crippen LogP contribution in [-0.4, -0.2) is 28.3 Å². The highest BCUT2D eigenvalue weighted by Crippen LogP contribution is 2.25. The molecule has 29 heavy (non-hydrogen) atoms. The molecule has 0 aliphatic heterocycles. The third kappa shape index (κ3) is 4.49. The quantitative estimate of drug-likeness (QED) is 0.625. The maximum Gasteiger partial charge on any atom is 0.343 e. The fourth-order valence-electron chi connectivity index (χ4n) is 3.23. The van der Waals surface area contributed by atoms with Crippen molar-refractivity contribution in [2.24, 2.45) is 0 Å². The van der Waals surface area contributed by atoms with Crippen LogP contribution in [0.4, 0.5) is 5.69 Å². The molecule has 1 N–H and O–H groups in total. The fraction of sp³-hybridized carbons (Fsp3) is 0.227. The molecule has 2 aromatic carbocycles. The molecule has 3 aromatic rings. The third-order valence-corrected chi connectivity index (χ3v) is 4.83. The Kier molecular flexibility index (Phi) is 6.03. The summed E-state index contributed by atoms with van der Waals surface area (Å²) >= 11 is 6.36. The lowest BCUT2D eigenvalue weighted by molar-refractivity contribution is -0.119. The number of nitrogens with zero attached hydrogens (tertiary/aromatic N) is 2. The SMILES string of the molecule is Cc1cc(C)c(NC(=O)COC(=O)c2c(C)nn(-c3ccccc3)c2Cl)c(C)c1. The van der Waals surface area contributed by atoms with Crippen LogP contribution in [0.3, 0.4) is 0 Å². The number of para-hydroxylation sites is 1. The molecule has 1 aromatic heterocycles. The number of hydrogen-bond acceptors (Lipinski definition) is 4. The van der Waals surface area contributed by atoms with Crippen molar-refractivity contribution >= 4 is 29.2 Å². The first kappa shape index (κ1) is 20.6. The van der Waals surface area contributed by atoms with Crippen molar-refractivity contribution in [2.75, 3.05) is 11.9 Å². The molecule has 0 saturated carbocycles. The van der Waals surface area contributed by atoms with Gasteiger partial charge in [-0.15, -0.1) is 0 Å². The van der Waals surface area contributed by atoms with E-state index in [4.69, 9.17) is 16.3 Å². The molecule has 0 atom stereocenters. The Hall–Kier alpha value is -3.12. The number of amides is 1. The number of benzene rings is 2. The summed E-state index contributed by atoms with van der Waals surface area (Å²) in [6.07, 6.45) is 0. The Morgan fingerprint density at radius 1 is 1.07 bits per heavy atom. The predicted molar refractivity (Wildman–Crippen MR) is 113 cm³/mol. The Balaban J connectivity index is 1.70. The van der Waals surface area contributed by atoms with Crippen molar-refractivity contribution in [3.8, 4) is 5.69 Å². The summed E-state index contributed by atoms with van der Waals surface area (Å²) in [6, 6.07) is 13.2. The maximum absolute atomic E-state index is 12.5. The molecule has 0 unspecified atom stereocenters. The van der Waals surface area contributed by atoms with Gasteiger partial charge in [-0.2, -0.15) is 5.10 Å². The first-order valence-corrected chi connectivity index (χ1v) is 9.51. The lowest BCUT2D eigenvalue weighted by atomic mass is 10.1. The second kappa shape index (κ2) is 8.49. The summed E-state index contributed by atoms with van der Waals surface area (Å²) in [7, 11) is 0. The van der Waals surface area contributed by atoms with Crippen molar-refractivity contribution in [3.05, 3.63) is 75.6 Å². The molecule has 0 radical (unpaired) electrons. The van der Waals surface area contributed by atoms with E-state index in [1.54, 1.807) is 6.92 Å². The molecule has 0 saturated heterocycles. The molecule has 150 valence electrons. The molecule has 0 bridgehead atoms. The van der Waals surface area contributed by atoms with Crippen LogP contribution in [0.5, 0.6) is 0 Å². The predicted octanol–water partition coefficient (Wildman–Crippen LogP) is 4.55. The number of aromatic nitrogens is 2. The normalized spacial score (nSPS) is 10.7. The van der Waals surface area contributed by atoms with E-state index in [0.717, 1.165) is 28.1 Å². The van der Waals surface area contributed by atoms with Gasteiger partial charge >= 0.3 is 5.97 Å². The molecule has 7 heteroatoms. The van der Waals surface area contributed by atoms with E-state index in [-0.39, 0.29) is 10.7 Å². The van der Waals surface area contributed by atoms with Gasteiger partial charge in [0.05, 0.1) is 11.4 Å². The van der Waals surface area contributed by atoms with Crippen LogP contribution in [0, 0.1) is 27.7 Å². The zero-order valence-electron chi connectivity index (χ0n) is 16.7. The van der Waals surface area contributed by atoms with E-state index < -0.39 is 18.5 Å².